The third-order valence-electron chi connectivity index (χ3n) is 3.38. The van der Waals surface area contributed by atoms with Gasteiger partial charge in [-0.3, -0.25) is 0 Å². The largest absolute Gasteiger partial charge is 0.0447 e. The van der Waals surface area contributed by atoms with Crippen LogP contribution >= 0.6 is 0 Å². The van der Waals surface area contributed by atoms with Gasteiger partial charge in [0.1, 0.15) is 0 Å². The topological polar surface area (TPSA) is 0 Å². The van der Waals surface area contributed by atoms with Gasteiger partial charge < -0.3 is 0 Å². The monoisotopic (exact) mass is 210 g/mol. The van der Waals surface area contributed by atoms with Crippen LogP contribution in [0.25, 0.3) is 0 Å². The van der Waals surface area contributed by atoms with Gasteiger partial charge in [0.25, 0.3) is 0 Å². The molecule has 0 aliphatic carbocycles. The molecular weight excluding hydrogens is 192 g/mol. The van der Waals surface area contributed by atoms with E-state index < -0.39 is 0 Å². The van der Waals surface area contributed by atoms with Crippen LogP contribution in [0, 0.1) is 41.5 Å². The van der Waals surface area contributed by atoms with Gasteiger partial charge in [-0.25, -0.2) is 0 Å². The molecule has 0 N–H and O–H groups in total. The van der Waals surface area contributed by atoms with Crippen molar-refractivity contribution in [1.29, 1.82) is 0 Å². The normalized spacial score (nSPS) is 9.69. The summed E-state index contributed by atoms with van der Waals surface area (Å²) in [5.74, 6) is 0. The molecule has 0 aromatic heterocycles. The van der Waals surface area contributed by atoms with Crippen molar-refractivity contribution in [3.8, 4) is 0 Å². The Hall–Kier alpha value is -0.0657. The van der Waals surface area contributed by atoms with Crippen LogP contribution in [-0.2, 0) is 21.7 Å². The van der Waals surface area contributed by atoms with Crippen molar-refractivity contribution in [1.82, 2.24) is 0 Å². The molecule has 0 saturated heterocycles. The molecule has 0 heterocycles. The molecule has 0 amide bonds. The summed E-state index contributed by atoms with van der Waals surface area (Å²) in [5.41, 5.74) is 8.73. The number of benzene rings is 1. The van der Waals surface area contributed by atoms with Crippen LogP contribution in [0.1, 0.15) is 33.4 Å². The van der Waals surface area contributed by atoms with Crippen LogP contribution in [0.15, 0.2) is 0 Å². The minimum Gasteiger partial charge on any atom is -0.0447 e. The molecule has 70 valence electrons. The first-order chi connectivity index (χ1) is 5.46. The van der Waals surface area contributed by atoms with E-state index in [0.717, 1.165) is 0 Å². The van der Waals surface area contributed by atoms with Gasteiger partial charge in [-0.05, 0) is 74.9 Å². The molecule has 0 nitrogen and oxygen atoms in total. The molecule has 1 aromatic rings. The summed E-state index contributed by atoms with van der Waals surface area (Å²) in [5, 5.41) is 0. The minimum absolute atomic E-state index is 0. The van der Waals surface area contributed by atoms with E-state index >= 15 is 0 Å². The number of rotatable bonds is 0. The smallest absolute Gasteiger partial charge is 0 e. The molecular formula is C12H18Ti. The summed E-state index contributed by atoms with van der Waals surface area (Å²) < 4.78 is 0. The van der Waals surface area contributed by atoms with Crippen LogP contribution < -0.4 is 0 Å². The Morgan fingerprint density at radius 2 is 0.462 bits per heavy atom. The second-order valence-corrected chi connectivity index (χ2v) is 3.75. The van der Waals surface area contributed by atoms with E-state index in [1.165, 1.54) is 33.4 Å². The summed E-state index contributed by atoms with van der Waals surface area (Å²) in [4.78, 5) is 0. The van der Waals surface area contributed by atoms with E-state index in [4.69, 9.17) is 0 Å². The van der Waals surface area contributed by atoms with Crippen molar-refractivity contribution in [3.05, 3.63) is 33.4 Å². The van der Waals surface area contributed by atoms with Crippen molar-refractivity contribution >= 4 is 0 Å². The van der Waals surface area contributed by atoms with Crippen LogP contribution in [-0.4, -0.2) is 0 Å². The Bertz CT molecular complexity index is 219. The maximum absolute atomic E-state index is 2.21. The Morgan fingerprint density at radius 1 is 0.385 bits per heavy atom. The molecule has 1 heteroatoms. The van der Waals surface area contributed by atoms with E-state index in [1.807, 2.05) is 0 Å². The van der Waals surface area contributed by atoms with Gasteiger partial charge in [0.15, 0.2) is 0 Å². The van der Waals surface area contributed by atoms with Gasteiger partial charge >= 0.3 is 0 Å². The van der Waals surface area contributed by atoms with Crippen molar-refractivity contribution in [2.45, 2.75) is 41.5 Å². The molecule has 0 unspecified atom stereocenters. The summed E-state index contributed by atoms with van der Waals surface area (Å²) >= 11 is 0. The van der Waals surface area contributed by atoms with Crippen molar-refractivity contribution in [2.75, 3.05) is 0 Å². The molecule has 0 saturated carbocycles. The quantitative estimate of drug-likeness (QED) is 0.574. The number of hydrogen-bond acceptors (Lipinski definition) is 0. The zero-order valence-corrected chi connectivity index (χ0v) is 11.1. The first kappa shape index (κ1) is 12.9. The zero-order valence-electron chi connectivity index (χ0n) is 9.50. The van der Waals surface area contributed by atoms with Crippen LogP contribution in [0.3, 0.4) is 0 Å². The molecule has 0 aliphatic rings. The Kier molecular flexibility index (Phi) is 4.41. The van der Waals surface area contributed by atoms with E-state index in [2.05, 4.69) is 41.5 Å². The predicted molar refractivity (Wildman–Crippen MR) is 54.9 cm³/mol. The van der Waals surface area contributed by atoms with Gasteiger partial charge in [0.2, 0.25) is 0 Å². The standard InChI is InChI=1S/C12H18.Ti/c1-7-8(2)10(4)12(6)11(5)9(7)3;/h1-6H3;. The van der Waals surface area contributed by atoms with Gasteiger partial charge in [-0.1, -0.05) is 0 Å². The van der Waals surface area contributed by atoms with E-state index in [-0.39, 0.29) is 21.7 Å². The Labute approximate surface area is 96.6 Å². The molecule has 0 atom stereocenters. The van der Waals surface area contributed by atoms with Gasteiger partial charge in [0, 0.05) is 21.7 Å². The molecule has 13 heavy (non-hydrogen) atoms. The molecule has 1 rings (SSSR count). The van der Waals surface area contributed by atoms with Crippen molar-refractivity contribution in [3.63, 3.8) is 0 Å². The zero-order chi connectivity index (χ0) is 9.46. The van der Waals surface area contributed by atoms with Crippen LogP contribution in [0.4, 0.5) is 0 Å². The molecule has 0 aliphatic heterocycles. The minimum atomic E-state index is 0. The second kappa shape index (κ2) is 4.44. The fraction of sp³-hybridized carbons (Fsp3) is 0.500. The molecule has 0 radical (unpaired) electrons. The first-order valence-corrected chi connectivity index (χ1v) is 4.50. The van der Waals surface area contributed by atoms with Crippen molar-refractivity contribution in [2.24, 2.45) is 0 Å². The maximum atomic E-state index is 2.21. The van der Waals surface area contributed by atoms with Gasteiger partial charge in [0.05, 0.1) is 0 Å². The molecule has 0 fully saturated rings. The second-order valence-electron chi connectivity index (χ2n) is 3.75. The number of hydrogen-bond donors (Lipinski definition) is 0. The summed E-state index contributed by atoms with van der Waals surface area (Å²) in [7, 11) is 0. The summed E-state index contributed by atoms with van der Waals surface area (Å²) in [6, 6.07) is 0. The maximum Gasteiger partial charge on any atom is 0 e. The third kappa shape index (κ3) is 2.06. The molecule has 0 spiro atoms. The van der Waals surface area contributed by atoms with Gasteiger partial charge in [-0.15, -0.1) is 0 Å². The third-order valence-corrected chi connectivity index (χ3v) is 3.38. The predicted octanol–water partition coefficient (Wildman–Crippen LogP) is 3.53. The molecule has 1 aromatic carbocycles. The fourth-order valence-corrected chi connectivity index (χ4v) is 1.69. The molecule has 0 bridgehead atoms. The average molecular weight is 210 g/mol. The van der Waals surface area contributed by atoms with E-state index in [9.17, 15) is 0 Å². The Balaban J connectivity index is 0.00000144. The average Bonchev–Trinajstić information content (AvgIpc) is 2.08. The van der Waals surface area contributed by atoms with E-state index in [0.29, 0.717) is 0 Å². The van der Waals surface area contributed by atoms with Gasteiger partial charge in [-0.2, -0.15) is 0 Å². The fourth-order valence-electron chi connectivity index (χ4n) is 1.69. The summed E-state index contributed by atoms with van der Waals surface area (Å²) in [6.07, 6.45) is 0. The summed E-state index contributed by atoms with van der Waals surface area (Å²) in [6.45, 7) is 13.3. The van der Waals surface area contributed by atoms with Crippen LogP contribution in [0.2, 0.25) is 0 Å². The Morgan fingerprint density at radius 3 is 0.538 bits per heavy atom. The SMILES string of the molecule is Cc1c(C)c(C)c(C)c(C)c1C.[Ti]. The van der Waals surface area contributed by atoms with Crippen molar-refractivity contribution < 1.29 is 21.7 Å². The first-order valence-electron chi connectivity index (χ1n) is 4.50. The van der Waals surface area contributed by atoms with E-state index in [1.54, 1.807) is 0 Å². The van der Waals surface area contributed by atoms with Crippen LogP contribution in [0.5, 0.6) is 0 Å².